The summed E-state index contributed by atoms with van der Waals surface area (Å²) < 4.78 is 13.7. The number of hydrogen-bond acceptors (Lipinski definition) is 4. The Hall–Kier alpha value is -1.95. The second-order valence-corrected chi connectivity index (χ2v) is 4.55. The van der Waals surface area contributed by atoms with Crippen LogP contribution in [0.3, 0.4) is 0 Å². The molecule has 0 aliphatic heterocycles. The first-order valence-corrected chi connectivity index (χ1v) is 6.17. The number of halogens is 1. The zero-order chi connectivity index (χ0) is 13.0. The highest BCUT2D eigenvalue weighted by Gasteiger charge is 2.06. The lowest BCUT2D eigenvalue weighted by molar-refractivity contribution is 0.617. The number of nitrogens with zero attached hydrogens (tertiary/aromatic N) is 2. The number of nitrogens with two attached hydrogens (primary N) is 1. The van der Waals surface area contributed by atoms with Crippen molar-refractivity contribution in [2.45, 2.75) is 10.8 Å². The molecule has 18 heavy (non-hydrogen) atoms. The lowest BCUT2D eigenvalue weighted by atomic mass is 10.1. The van der Waals surface area contributed by atoms with Gasteiger partial charge < -0.3 is 5.73 Å². The second kappa shape index (κ2) is 5.59. The first-order chi connectivity index (χ1) is 8.66. The zero-order valence-corrected chi connectivity index (χ0v) is 10.2. The molecule has 1 heterocycles. The van der Waals surface area contributed by atoms with E-state index in [-0.39, 0.29) is 11.7 Å². The Balaban J connectivity index is 2.08. The molecule has 0 amide bonds. The van der Waals surface area contributed by atoms with Crippen LogP contribution < -0.4 is 5.73 Å². The van der Waals surface area contributed by atoms with E-state index in [2.05, 4.69) is 9.97 Å². The van der Waals surface area contributed by atoms with Crippen molar-refractivity contribution >= 4 is 17.6 Å². The fourth-order valence-electron chi connectivity index (χ4n) is 1.34. The molecule has 4 nitrogen and oxygen atoms in total. The van der Waals surface area contributed by atoms with E-state index in [4.69, 9.17) is 11.1 Å². The molecule has 0 atom stereocenters. The van der Waals surface area contributed by atoms with E-state index in [0.29, 0.717) is 16.9 Å². The largest absolute Gasteiger partial charge is 0.384 e. The third-order valence-corrected chi connectivity index (χ3v) is 3.24. The second-order valence-electron chi connectivity index (χ2n) is 3.55. The minimum atomic E-state index is -0.362. The van der Waals surface area contributed by atoms with Gasteiger partial charge in [-0.15, -0.1) is 0 Å². The molecular formula is C12H11FN4S. The average Bonchev–Trinajstić information content (AvgIpc) is 2.38. The molecule has 92 valence electrons. The van der Waals surface area contributed by atoms with Crippen molar-refractivity contribution in [3.05, 3.63) is 53.7 Å². The van der Waals surface area contributed by atoms with Crippen LogP contribution in [0.15, 0.2) is 41.8 Å². The van der Waals surface area contributed by atoms with Gasteiger partial charge in [-0.1, -0.05) is 23.9 Å². The van der Waals surface area contributed by atoms with E-state index < -0.39 is 0 Å². The third-order valence-electron chi connectivity index (χ3n) is 2.28. The smallest absolute Gasteiger partial charge is 0.127 e. The molecule has 0 fully saturated rings. The molecule has 0 radical (unpaired) electrons. The van der Waals surface area contributed by atoms with Crippen molar-refractivity contribution in [2.75, 3.05) is 0 Å². The van der Waals surface area contributed by atoms with E-state index in [1.54, 1.807) is 30.7 Å². The molecule has 0 saturated heterocycles. The number of nitrogens with one attached hydrogen (secondary N) is 1. The zero-order valence-electron chi connectivity index (χ0n) is 9.43. The molecule has 6 heteroatoms. The predicted molar refractivity (Wildman–Crippen MR) is 69.0 cm³/mol. The molecule has 0 saturated carbocycles. The van der Waals surface area contributed by atoms with Gasteiger partial charge >= 0.3 is 0 Å². The van der Waals surface area contributed by atoms with Gasteiger partial charge in [0.1, 0.15) is 16.7 Å². The van der Waals surface area contributed by atoms with Gasteiger partial charge in [0.05, 0.1) is 6.20 Å². The summed E-state index contributed by atoms with van der Waals surface area (Å²) in [4.78, 5) is 8.03. The first kappa shape index (κ1) is 12.5. The van der Waals surface area contributed by atoms with Gasteiger partial charge in [0.15, 0.2) is 0 Å². The van der Waals surface area contributed by atoms with Crippen LogP contribution in [0.5, 0.6) is 0 Å². The average molecular weight is 262 g/mol. The van der Waals surface area contributed by atoms with Crippen molar-refractivity contribution in [1.29, 1.82) is 5.41 Å². The fourth-order valence-corrected chi connectivity index (χ4v) is 2.15. The molecule has 0 spiro atoms. The Bertz CT molecular complexity index is 559. The van der Waals surface area contributed by atoms with Gasteiger partial charge in [-0.2, -0.15) is 0 Å². The van der Waals surface area contributed by atoms with Crippen LogP contribution in [0, 0.1) is 11.2 Å². The van der Waals surface area contributed by atoms with Crippen LogP contribution >= 0.6 is 11.8 Å². The lowest BCUT2D eigenvalue weighted by Gasteiger charge is -2.04. The SMILES string of the molecule is N=C(N)c1ccc(CSc2cnccn2)c(F)c1. The normalized spacial score (nSPS) is 10.3. The maximum Gasteiger partial charge on any atom is 0.127 e. The Morgan fingerprint density at radius 2 is 2.22 bits per heavy atom. The minimum Gasteiger partial charge on any atom is -0.384 e. The molecule has 2 rings (SSSR count). The van der Waals surface area contributed by atoms with Gasteiger partial charge in [-0.25, -0.2) is 9.37 Å². The number of aromatic nitrogens is 2. The van der Waals surface area contributed by atoms with Gasteiger partial charge in [-0.05, 0) is 11.6 Å². The van der Waals surface area contributed by atoms with E-state index >= 15 is 0 Å². The fraction of sp³-hybridized carbons (Fsp3) is 0.0833. The van der Waals surface area contributed by atoms with Gasteiger partial charge in [-0.3, -0.25) is 10.4 Å². The van der Waals surface area contributed by atoms with Gasteiger partial charge in [0.2, 0.25) is 0 Å². The summed E-state index contributed by atoms with van der Waals surface area (Å²) >= 11 is 1.40. The van der Waals surface area contributed by atoms with Crippen molar-refractivity contribution in [3.63, 3.8) is 0 Å². The van der Waals surface area contributed by atoms with Crippen molar-refractivity contribution in [2.24, 2.45) is 5.73 Å². The van der Waals surface area contributed by atoms with E-state index in [1.165, 1.54) is 17.8 Å². The van der Waals surface area contributed by atoms with Gasteiger partial charge in [0, 0.05) is 23.7 Å². The lowest BCUT2D eigenvalue weighted by Crippen LogP contribution is -2.11. The van der Waals surface area contributed by atoms with Gasteiger partial charge in [0.25, 0.3) is 0 Å². The highest BCUT2D eigenvalue weighted by Crippen LogP contribution is 2.22. The third kappa shape index (κ3) is 3.04. The maximum atomic E-state index is 13.7. The molecule has 1 aromatic carbocycles. The highest BCUT2D eigenvalue weighted by atomic mass is 32.2. The predicted octanol–water partition coefficient (Wildman–Crippen LogP) is 2.19. The molecule has 3 N–H and O–H groups in total. The van der Waals surface area contributed by atoms with Crippen LogP contribution in [0.25, 0.3) is 0 Å². The summed E-state index contributed by atoms with van der Waals surface area (Å²) in [7, 11) is 0. The monoisotopic (exact) mass is 262 g/mol. The Labute approximate surface area is 108 Å². The van der Waals surface area contributed by atoms with Crippen LogP contribution in [0.4, 0.5) is 4.39 Å². The van der Waals surface area contributed by atoms with Crippen LogP contribution in [0.1, 0.15) is 11.1 Å². The summed E-state index contributed by atoms with van der Waals surface area (Å²) in [5, 5.41) is 7.97. The molecule has 0 bridgehead atoms. The standard InChI is InChI=1S/C12H11FN4S/c13-10-5-8(12(14)15)1-2-9(10)7-18-11-6-16-3-4-17-11/h1-6H,7H2,(H3,14,15). The molecule has 0 aliphatic rings. The number of rotatable bonds is 4. The maximum absolute atomic E-state index is 13.7. The highest BCUT2D eigenvalue weighted by molar-refractivity contribution is 7.98. The molecule has 0 unspecified atom stereocenters. The first-order valence-electron chi connectivity index (χ1n) is 5.18. The van der Waals surface area contributed by atoms with Crippen molar-refractivity contribution in [1.82, 2.24) is 9.97 Å². The molecule has 2 aromatic rings. The van der Waals surface area contributed by atoms with Crippen molar-refractivity contribution in [3.8, 4) is 0 Å². The van der Waals surface area contributed by atoms with E-state index in [1.807, 2.05) is 0 Å². The quantitative estimate of drug-likeness (QED) is 0.503. The number of nitrogen functional groups attached to an aromatic ring is 1. The van der Waals surface area contributed by atoms with Crippen LogP contribution in [-0.4, -0.2) is 15.8 Å². The number of hydrogen-bond donors (Lipinski definition) is 2. The summed E-state index contributed by atoms with van der Waals surface area (Å²) in [6.45, 7) is 0. The Morgan fingerprint density at radius 1 is 1.39 bits per heavy atom. The van der Waals surface area contributed by atoms with Crippen LogP contribution in [-0.2, 0) is 5.75 Å². The summed E-state index contributed by atoms with van der Waals surface area (Å²) in [6.07, 6.45) is 4.82. The summed E-state index contributed by atoms with van der Waals surface area (Å²) in [5.41, 5.74) is 6.23. The summed E-state index contributed by atoms with van der Waals surface area (Å²) in [6, 6.07) is 4.54. The van der Waals surface area contributed by atoms with Crippen molar-refractivity contribution < 1.29 is 4.39 Å². The minimum absolute atomic E-state index is 0.137. The molecule has 1 aromatic heterocycles. The topological polar surface area (TPSA) is 75.7 Å². The van der Waals surface area contributed by atoms with E-state index in [9.17, 15) is 4.39 Å². The summed E-state index contributed by atoms with van der Waals surface area (Å²) in [5.74, 6) is -0.0379. The Morgan fingerprint density at radius 3 is 2.83 bits per heavy atom. The molecular weight excluding hydrogens is 251 g/mol. The number of benzene rings is 1. The number of amidine groups is 1. The molecule has 0 aliphatic carbocycles. The van der Waals surface area contributed by atoms with E-state index in [0.717, 1.165) is 5.03 Å². The Kier molecular flexibility index (Phi) is 3.88. The number of thioether (sulfide) groups is 1. The van der Waals surface area contributed by atoms with Crippen LogP contribution in [0.2, 0.25) is 0 Å².